The van der Waals surface area contributed by atoms with Crippen LogP contribution in [0.1, 0.15) is 37.4 Å². The molecule has 0 fully saturated rings. The van der Waals surface area contributed by atoms with Gasteiger partial charge in [-0.05, 0) is 25.8 Å². The Bertz CT molecular complexity index is 277. The molecule has 84 valence electrons. The summed E-state index contributed by atoms with van der Waals surface area (Å²) in [5.41, 5.74) is 2.55. The lowest BCUT2D eigenvalue weighted by atomic mass is 10.1. The van der Waals surface area contributed by atoms with Crippen molar-refractivity contribution in [2.75, 3.05) is 6.61 Å². The van der Waals surface area contributed by atoms with Crippen LogP contribution in [0.15, 0.2) is 24.3 Å². The first-order chi connectivity index (χ1) is 7.17. The predicted octanol–water partition coefficient (Wildman–Crippen LogP) is 2.42. The zero-order chi connectivity index (χ0) is 11.3. The second-order valence-corrected chi connectivity index (χ2v) is 4.09. The summed E-state index contributed by atoms with van der Waals surface area (Å²) in [6.07, 6.45) is 0.951. The minimum Gasteiger partial charge on any atom is -0.395 e. The third-order valence-electron chi connectivity index (χ3n) is 2.78. The van der Waals surface area contributed by atoms with Crippen molar-refractivity contribution in [1.82, 2.24) is 5.32 Å². The minimum atomic E-state index is 0.196. The molecule has 2 atom stereocenters. The molecule has 0 aliphatic rings. The zero-order valence-electron chi connectivity index (χ0n) is 9.83. The molecule has 0 heterocycles. The van der Waals surface area contributed by atoms with Gasteiger partial charge >= 0.3 is 0 Å². The Morgan fingerprint density at radius 3 is 2.33 bits per heavy atom. The first-order valence-electron chi connectivity index (χ1n) is 5.60. The molecule has 2 nitrogen and oxygen atoms in total. The van der Waals surface area contributed by atoms with Gasteiger partial charge in [-0.15, -0.1) is 0 Å². The van der Waals surface area contributed by atoms with E-state index >= 15 is 0 Å². The van der Waals surface area contributed by atoms with Crippen molar-refractivity contribution in [2.24, 2.45) is 0 Å². The van der Waals surface area contributed by atoms with E-state index in [1.807, 2.05) is 0 Å². The Balaban J connectivity index is 2.60. The zero-order valence-corrected chi connectivity index (χ0v) is 9.83. The number of benzene rings is 1. The van der Waals surface area contributed by atoms with Gasteiger partial charge in [-0.1, -0.05) is 36.8 Å². The Kier molecular flexibility index (Phi) is 4.79. The molecule has 1 unspecified atom stereocenters. The molecular weight excluding hydrogens is 186 g/mol. The van der Waals surface area contributed by atoms with Crippen LogP contribution in [0.4, 0.5) is 0 Å². The van der Waals surface area contributed by atoms with Gasteiger partial charge in [0.1, 0.15) is 0 Å². The third-order valence-corrected chi connectivity index (χ3v) is 2.78. The van der Waals surface area contributed by atoms with E-state index in [0.717, 1.165) is 6.42 Å². The summed E-state index contributed by atoms with van der Waals surface area (Å²) in [6.45, 7) is 6.50. The number of aliphatic hydroxyl groups excluding tert-OH is 1. The van der Waals surface area contributed by atoms with E-state index in [1.54, 1.807) is 0 Å². The van der Waals surface area contributed by atoms with Crippen LogP contribution in [0.3, 0.4) is 0 Å². The van der Waals surface area contributed by atoms with Gasteiger partial charge in [0.05, 0.1) is 6.61 Å². The van der Waals surface area contributed by atoms with Crippen LogP contribution in [0.25, 0.3) is 0 Å². The molecule has 2 heteroatoms. The van der Waals surface area contributed by atoms with Crippen LogP contribution < -0.4 is 5.32 Å². The molecule has 1 aromatic carbocycles. The van der Waals surface area contributed by atoms with Gasteiger partial charge in [0.2, 0.25) is 0 Å². The molecule has 0 aromatic heterocycles. The van der Waals surface area contributed by atoms with Crippen LogP contribution in [0.2, 0.25) is 0 Å². The normalized spacial score (nSPS) is 14.9. The van der Waals surface area contributed by atoms with Crippen LogP contribution in [-0.2, 0) is 0 Å². The number of aliphatic hydroxyl groups is 1. The summed E-state index contributed by atoms with van der Waals surface area (Å²) in [5, 5.41) is 12.5. The number of aryl methyl sites for hydroxylation is 1. The van der Waals surface area contributed by atoms with Gasteiger partial charge in [-0.3, -0.25) is 0 Å². The van der Waals surface area contributed by atoms with Crippen molar-refractivity contribution in [3.8, 4) is 0 Å². The van der Waals surface area contributed by atoms with Gasteiger partial charge in [0, 0.05) is 12.1 Å². The molecule has 0 aliphatic carbocycles. The maximum Gasteiger partial charge on any atom is 0.0584 e. The third kappa shape index (κ3) is 3.65. The molecule has 15 heavy (non-hydrogen) atoms. The van der Waals surface area contributed by atoms with Crippen molar-refractivity contribution in [3.63, 3.8) is 0 Å². The van der Waals surface area contributed by atoms with Gasteiger partial charge in [-0.25, -0.2) is 0 Å². The summed E-state index contributed by atoms with van der Waals surface area (Å²) in [7, 11) is 0. The SMILES string of the molecule is CC[C@H](CO)NC(C)c1ccc(C)cc1. The van der Waals surface area contributed by atoms with E-state index < -0.39 is 0 Å². The lowest BCUT2D eigenvalue weighted by molar-refractivity contribution is 0.230. The Labute approximate surface area is 92.3 Å². The molecule has 0 radical (unpaired) electrons. The molecular formula is C13H21NO. The predicted molar refractivity (Wildman–Crippen MR) is 63.9 cm³/mol. The topological polar surface area (TPSA) is 32.3 Å². The molecule has 1 aromatic rings. The van der Waals surface area contributed by atoms with Gasteiger partial charge in [-0.2, -0.15) is 0 Å². The van der Waals surface area contributed by atoms with Crippen molar-refractivity contribution < 1.29 is 5.11 Å². The average molecular weight is 207 g/mol. The molecule has 0 aliphatic heterocycles. The highest BCUT2D eigenvalue weighted by Crippen LogP contribution is 2.14. The largest absolute Gasteiger partial charge is 0.395 e. The van der Waals surface area contributed by atoms with Crippen molar-refractivity contribution in [2.45, 2.75) is 39.3 Å². The maximum atomic E-state index is 9.10. The number of hydrogen-bond acceptors (Lipinski definition) is 2. The van der Waals surface area contributed by atoms with Gasteiger partial charge in [0.25, 0.3) is 0 Å². The summed E-state index contributed by atoms with van der Waals surface area (Å²) >= 11 is 0. The quantitative estimate of drug-likeness (QED) is 0.777. The summed E-state index contributed by atoms with van der Waals surface area (Å²) in [5.74, 6) is 0. The van der Waals surface area contributed by atoms with E-state index in [1.165, 1.54) is 11.1 Å². The lowest BCUT2D eigenvalue weighted by Gasteiger charge is -2.20. The van der Waals surface area contributed by atoms with Crippen molar-refractivity contribution in [1.29, 1.82) is 0 Å². The highest BCUT2D eigenvalue weighted by Gasteiger charge is 2.10. The minimum absolute atomic E-state index is 0.196. The van der Waals surface area contributed by atoms with Gasteiger partial charge in [0.15, 0.2) is 0 Å². The summed E-state index contributed by atoms with van der Waals surface area (Å²) in [6, 6.07) is 9.00. The second-order valence-electron chi connectivity index (χ2n) is 4.09. The van der Waals surface area contributed by atoms with E-state index in [9.17, 15) is 0 Å². The van der Waals surface area contributed by atoms with Crippen LogP contribution >= 0.6 is 0 Å². The fourth-order valence-electron chi connectivity index (χ4n) is 1.60. The standard InChI is InChI=1S/C13H21NO/c1-4-13(9-15)14-11(3)12-7-5-10(2)6-8-12/h5-8,11,13-15H,4,9H2,1-3H3/t11?,13-/m1/s1. The number of rotatable bonds is 5. The number of nitrogens with one attached hydrogen (secondary N) is 1. The highest BCUT2D eigenvalue weighted by atomic mass is 16.3. The number of hydrogen-bond donors (Lipinski definition) is 2. The Hall–Kier alpha value is -0.860. The van der Waals surface area contributed by atoms with E-state index in [2.05, 4.69) is 50.4 Å². The van der Waals surface area contributed by atoms with Crippen LogP contribution in [-0.4, -0.2) is 17.8 Å². The van der Waals surface area contributed by atoms with Crippen molar-refractivity contribution in [3.05, 3.63) is 35.4 Å². The van der Waals surface area contributed by atoms with Crippen LogP contribution in [0, 0.1) is 6.92 Å². The molecule has 0 saturated carbocycles. The van der Waals surface area contributed by atoms with E-state index in [0.29, 0.717) is 6.04 Å². The lowest BCUT2D eigenvalue weighted by Crippen LogP contribution is -2.33. The second kappa shape index (κ2) is 5.89. The molecule has 0 saturated heterocycles. The summed E-state index contributed by atoms with van der Waals surface area (Å²) in [4.78, 5) is 0. The van der Waals surface area contributed by atoms with Gasteiger partial charge < -0.3 is 10.4 Å². The molecule has 2 N–H and O–H groups in total. The average Bonchev–Trinajstić information content (AvgIpc) is 2.26. The van der Waals surface area contributed by atoms with E-state index in [-0.39, 0.29) is 12.6 Å². The molecule has 0 bridgehead atoms. The maximum absolute atomic E-state index is 9.10. The van der Waals surface area contributed by atoms with Crippen molar-refractivity contribution >= 4 is 0 Å². The van der Waals surface area contributed by atoms with E-state index in [4.69, 9.17) is 5.11 Å². The fourth-order valence-corrected chi connectivity index (χ4v) is 1.60. The first kappa shape index (κ1) is 12.2. The monoisotopic (exact) mass is 207 g/mol. The fraction of sp³-hybridized carbons (Fsp3) is 0.538. The summed E-state index contributed by atoms with van der Waals surface area (Å²) < 4.78 is 0. The van der Waals surface area contributed by atoms with Crippen LogP contribution in [0.5, 0.6) is 0 Å². The first-order valence-corrected chi connectivity index (χ1v) is 5.60. The molecule has 0 amide bonds. The highest BCUT2D eigenvalue weighted by molar-refractivity contribution is 5.23. The Morgan fingerprint density at radius 1 is 1.27 bits per heavy atom. The molecule has 0 spiro atoms. The smallest absolute Gasteiger partial charge is 0.0584 e. The molecule has 1 rings (SSSR count). The Morgan fingerprint density at radius 2 is 1.87 bits per heavy atom.